The Morgan fingerprint density at radius 3 is 2.80 bits per heavy atom. The van der Waals surface area contributed by atoms with Crippen LogP contribution in [-0.2, 0) is 9.53 Å². The van der Waals surface area contributed by atoms with E-state index in [0.717, 1.165) is 12.8 Å². The molecule has 0 aliphatic carbocycles. The summed E-state index contributed by atoms with van der Waals surface area (Å²) in [6.07, 6.45) is 1.84. The quantitative estimate of drug-likeness (QED) is 0.873. The third-order valence-corrected chi connectivity index (χ3v) is 3.70. The van der Waals surface area contributed by atoms with E-state index < -0.39 is 0 Å². The monoisotopic (exact) mass is 278 g/mol. The molecule has 1 aromatic rings. The van der Waals surface area contributed by atoms with Crippen LogP contribution in [0.3, 0.4) is 0 Å². The summed E-state index contributed by atoms with van der Waals surface area (Å²) < 4.78 is 10.9. The van der Waals surface area contributed by atoms with Crippen LogP contribution in [0.25, 0.3) is 0 Å². The van der Waals surface area contributed by atoms with Crippen LogP contribution in [0, 0.1) is 0 Å². The molecule has 110 valence electrons. The van der Waals surface area contributed by atoms with Crippen LogP contribution in [0.1, 0.15) is 12.8 Å². The lowest BCUT2D eigenvalue weighted by Gasteiger charge is -2.38. The molecule has 1 fully saturated rings. The fraction of sp³-hybridized carbons (Fsp3) is 0.533. The average Bonchev–Trinajstić information content (AvgIpc) is 2.52. The number of carbonyl (C=O) groups excluding carboxylic acids is 1. The lowest BCUT2D eigenvalue weighted by molar-refractivity contribution is -0.139. The highest BCUT2D eigenvalue weighted by Crippen LogP contribution is 2.19. The fourth-order valence-corrected chi connectivity index (χ4v) is 2.52. The van der Waals surface area contributed by atoms with Gasteiger partial charge in [0.25, 0.3) is 5.91 Å². The molecule has 5 heteroatoms. The molecule has 1 saturated heterocycles. The number of hydrogen-bond acceptors (Lipinski definition) is 4. The molecule has 2 N–H and O–H groups in total. The maximum Gasteiger partial charge on any atom is 0.260 e. The first-order valence-corrected chi connectivity index (χ1v) is 6.94. The first kappa shape index (κ1) is 14.8. The molecule has 5 nitrogen and oxygen atoms in total. The van der Waals surface area contributed by atoms with Gasteiger partial charge in [-0.25, -0.2) is 0 Å². The topological polar surface area (TPSA) is 64.8 Å². The van der Waals surface area contributed by atoms with Crippen molar-refractivity contribution in [3.05, 3.63) is 30.3 Å². The molecular formula is C15H22N2O3. The predicted molar refractivity (Wildman–Crippen MR) is 76.5 cm³/mol. The van der Waals surface area contributed by atoms with Gasteiger partial charge in [0.2, 0.25) is 0 Å². The number of benzene rings is 1. The van der Waals surface area contributed by atoms with E-state index in [1.807, 2.05) is 35.2 Å². The van der Waals surface area contributed by atoms with Gasteiger partial charge in [-0.15, -0.1) is 0 Å². The summed E-state index contributed by atoms with van der Waals surface area (Å²) in [5.74, 6) is 0.691. The zero-order chi connectivity index (χ0) is 14.4. The highest BCUT2D eigenvalue weighted by Gasteiger charge is 2.30. The Balaban J connectivity index is 1.88. The molecule has 1 aliphatic heterocycles. The standard InChI is InChI=1S/C15H22N2O3/c1-19-14-7-8-17(12(9-14)10-16)15(18)11-20-13-5-3-2-4-6-13/h2-6,12,14H,7-11,16H2,1H3. The van der Waals surface area contributed by atoms with E-state index >= 15 is 0 Å². The number of likely N-dealkylation sites (tertiary alicyclic amines) is 1. The number of hydrogen-bond donors (Lipinski definition) is 1. The molecule has 2 unspecified atom stereocenters. The van der Waals surface area contributed by atoms with E-state index in [-0.39, 0.29) is 24.7 Å². The molecule has 0 aromatic heterocycles. The molecule has 1 heterocycles. The third-order valence-electron chi connectivity index (χ3n) is 3.70. The van der Waals surface area contributed by atoms with Crippen molar-refractivity contribution in [3.63, 3.8) is 0 Å². The van der Waals surface area contributed by atoms with Crippen LogP contribution in [0.4, 0.5) is 0 Å². The van der Waals surface area contributed by atoms with E-state index in [4.69, 9.17) is 15.2 Å². The summed E-state index contributed by atoms with van der Waals surface area (Å²) >= 11 is 0. The maximum absolute atomic E-state index is 12.2. The van der Waals surface area contributed by atoms with E-state index in [1.165, 1.54) is 0 Å². The summed E-state index contributed by atoms with van der Waals surface area (Å²) in [6, 6.07) is 9.39. The van der Waals surface area contributed by atoms with Crippen LogP contribution in [0.15, 0.2) is 30.3 Å². The van der Waals surface area contributed by atoms with Crippen molar-refractivity contribution in [2.75, 3.05) is 26.8 Å². The molecule has 1 aliphatic rings. The van der Waals surface area contributed by atoms with Crippen molar-refractivity contribution in [1.82, 2.24) is 4.90 Å². The Hall–Kier alpha value is -1.59. The SMILES string of the molecule is COC1CCN(C(=O)COc2ccccc2)C(CN)C1. The van der Waals surface area contributed by atoms with Crippen molar-refractivity contribution in [3.8, 4) is 5.75 Å². The smallest absolute Gasteiger partial charge is 0.260 e. The van der Waals surface area contributed by atoms with Crippen LogP contribution in [0.2, 0.25) is 0 Å². The molecule has 0 bridgehead atoms. The Morgan fingerprint density at radius 1 is 1.40 bits per heavy atom. The summed E-state index contributed by atoms with van der Waals surface area (Å²) in [5, 5.41) is 0. The van der Waals surface area contributed by atoms with Gasteiger partial charge in [-0.05, 0) is 25.0 Å². The van der Waals surface area contributed by atoms with E-state index in [2.05, 4.69) is 0 Å². The van der Waals surface area contributed by atoms with Crippen LogP contribution >= 0.6 is 0 Å². The minimum absolute atomic E-state index is 0.0149. The fourth-order valence-electron chi connectivity index (χ4n) is 2.52. The maximum atomic E-state index is 12.2. The number of nitrogens with zero attached hydrogens (tertiary/aromatic N) is 1. The van der Waals surface area contributed by atoms with Gasteiger partial charge in [0.15, 0.2) is 6.61 Å². The number of rotatable bonds is 5. The Kier molecular flexibility index (Phi) is 5.38. The molecule has 0 saturated carbocycles. The van der Waals surface area contributed by atoms with Crippen LogP contribution in [0.5, 0.6) is 5.75 Å². The molecule has 2 rings (SSSR count). The van der Waals surface area contributed by atoms with Crippen molar-refractivity contribution in [1.29, 1.82) is 0 Å². The first-order valence-electron chi connectivity index (χ1n) is 6.94. The molecule has 1 amide bonds. The van der Waals surface area contributed by atoms with Gasteiger partial charge in [0.05, 0.1) is 6.10 Å². The van der Waals surface area contributed by atoms with Gasteiger partial charge in [-0.3, -0.25) is 4.79 Å². The second-order valence-corrected chi connectivity index (χ2v) is 4.96. The van der Waals surface area contributed by atoms with E-state index in [9.17, 15) is 4.79 Å². The van der Waals surface area contributed by atoms with Gasteiger partial charge in [0.1, 0.15) is 5.75 Å². The summed E-state index contributed by atoms with van der Waals surface area (Å²) in [5.41, 5.74) is 5.77. The zero-order valence-corrected chi connectivity index (χ0v) is 11.8. The molecule has 0 radical (unpaired) electrons. The van der Waals surface area contributed by atoms with Gasteiger partial charge >= 0.3 is 0 Å². The second-order valence-electron chi connectivity index (χ2n) is 4.96. The largest absolute Gasteiger partial charge is 0.484 e. The Morgan fingerprint density at radius 2 is 2.15 bits per heavy atom. The summed E-state index contributed by atoms with van der Waals surface area (Å²) in [4.78, 5) is 14.1. The van der Waals surface area contributed by atoms with Gasteiger partial charge < -0.3 is 20.1 Å². The minimum atomic E-state index is -0.0149. The second kappa shape index (κ2) is 7.26. The van der Waals surface area contributed by atoms with Gasteiger partial charge in [-0.2, -0.15) is 0 Å². The number of piperidine rings is 1. The van der Waals surface area contributed by atoms with Gasteiger partial charge in [0, 0.05) is 26.2 Å². The highest BCUT2D eigenvalue weighted by atomic mass is 16.5. The molecule has 2 atom stereocenters. The Bertz CT molecular complexity index is 424. The van der Waals surface area contributed by atoms with Crippen LogP contribution < -0.4 is 10.5 Å². The van der Waals surface area contributed by atoms with Gasteiger partial charge in [-0.1, -0.05) is 18.2 Å². The average molecular weight is 278 g/mol. The lowest BCUT2D eigenvalue weighted by Crippen LogP contribution is -2.52. The number of carbonyl (C=O) groups is 1. The number of nitrogens with two attached hydrogens (primary N) is 1. The van der Waals surface area contributed by atoms with Crippen molar-refractivity contribution in [2.45, 2.75) is 25.0 Å². The molecule has 20 heavy (non-hydrogen) atoms. The lowest BCUT2D eigenvalue weighted by atomic mass is 9.99. The van der Waals surface area contributed by atoms with Crippen molar-refractivity contribution >= 4 is 5.91 Å². The molecule has 1 aromatic carbocycles. The van der Waals surface area contributed by atoms with Crippen molar-refractivity contribution in [2.24, 2.45) is 5.73 Å². The predicted octanol–water partition coefficient (Wildman–Crippen LogP) is 1.03. The van der Waals surface area contributed by atoms with Crippen molar-refractivity contribution < 1.29 is 14.3 Å². The normalized spacial score (nSPS) is 22.6. The molecule has 0 spiro atoms. The summed E-state index contributed by atoms with van der Waals surface area (Å²) in [7, 11) is 1.70. The number of para-hydroxylation sites is 1. The van der Waals surface area contributed by atoms with E-state index in [1.54, 1.807) is 7.11 Å². The first-order chi connectivity index (χ1) is 9.74. The minimum Gasteiger partial charge on any atom is -0.484 e. The highest BCUT2D eigenvalue weighted by molar-refractivity contribution is 5.78. The van der Waals surface area contributed by atoms with E-state index in [0.29, 0.717) is 18.8 Å². The third kappa shape index (κ3) is 3.71. The number of methoxy groups -OCH3 is 1. The number of ether oxygens (including phenoxy) is 2. The Labute approximate surface area is 119 Å². The zero-order valence-electron chi connectivity index (χ0n) is 11.8. The number of amides is 1. The summed E-state index contributed by atoms with van der Waals surface area (Å²) in [6.45, 7) is 1.19. The molecular weight excluding hydrogens is 256 g/mol. The van der Waals surface area contributed by atoms with Crippen LogP contribution in [-0.4, -0.2) is 49.8 Å².